The molecule has 2 aromatic carbocycles. The van der Waals surface area contributed by atoms with Crippen molar-refractivity contribution in [1.82, 2.24) is 9.97 Å². The lowest BCUT2D eigenvalue weighted by Crippen LogP contribution is -1.93. The van der Waals surface area contributed by atoms with Crippen LogP contribution < -0.4 is 11.1 Å². The fraction of sp³-hybridized carbons (Fsp3) is 0.136. The standard InChI is InChI=1S/C11H9Cl2N3.C11H13N/c12-9-5-8(6-10(13)11(9)14)16-7-1-3-15-4-2-7;1-3-9-7-12-11-8(2)5-4-6-10(9)11/h1-6H,14H2,(H,15,16);4-7,12H,3H2,1-2H3. The number of halogens is 2. The minimum absolute atomic E-state index is 0.392. The van der Waals surface area contributed by atoms with Gasteiger partial charge in [0.1, 0.15) is 0 Å². The lowest BCUT2D eigenvalue weighted by molar-refractivity contribution is 1.15. The molecule has 0 saturated heterocycles. The highest BCUT2D eigenvalue weighted by molar-refractivity contribution is 6.39. The molecule has 0 saturated carbocycles. The average molecular weight is 413 g/mol. The molecule has 0 aliphatic rings. The highest BCUT2D eigenvalue weighted by Crippen LogP contribution is 2.32. The molecular formula is C22H22Cl2N4. The van der Waals surface area contributed by atoms with Crippen LogP contribution in [0.3, 0.4) is 0 Å². The highest BCUT2D eigenvalue weighted by atomic mass is 35.5. The number of fused-ring (bicyclic) bond motifs is 1. The molecule has 2 aromatic heterocycles. The van der Waals surface area contributed by atoms with E-state index in [1.54, 1.807) is 24.5 Å². The van der Waals surface area contributed by atoms with Crippen LogP contribution in [0.1, 0.15) is 18.1 Å². The molecule has 2 heterocycles. The molecule has 4 aromatic rings. The van der Waals surface area contributed by atoms with E-state index in [9.17, 15) is 0 Å². The Labute approximate surface area is 174 Å². The number of nitrogen functional groups attached to an aromatic ring is 1. The molecule has 4 N–H and O–H groups in total. The molecule has 0 aliphatic carbocycles. The first kappa shape index (κ1) is 20.1. The van der Waals surface area contributed by atoms with Gasteiger partial charge in [0.05, 0.1) is 15.7 Å². The summed E-state index contributed by atoms with van der Waals surface area (Å²) >= 11 is 11.8. The van der Waals surface area contributed by atoms with Gasteiger partial charge in [-0.25, -0.2) is 0 Å². The summed E-state index contributed by atoms with van der Waals surface area (Å²) in [6.07, 6.45) is 6.60. The molecule has 4 nitrogen and oxygen atoms in total. The van der Waals surface area contributed by atoms with E-state index in [2.05, 4.69) is 53.5 Å². The van der Waals surface area contributed by atoms with E-state index in [4.69, 9.17) is 28.9 Å². The number of rotatable bonds is 3. The molecular weight excluding hydrogens is 391 g/mol. The number of nitrogens with zero attached hydrogens (tertiary/aromatic N) is 1. The number of aromatic amines is 1. The SMILES string of the molecule is CCc1c[nH]c2c(C)cccc12.Nc1c(Cl)cc(Nc2ccncc2)cc1Cl. The first-order valence-electron chi connectivity index (χ1n) is 8.96. The number of anilines is 3. The van der Waals surface area contributed by atoms with Gasteiger partial charge in [-0.2, -0.15) is 0 Å². The zero-order valence-electron chi connectivity index (χ0n) is 15.8. The van der Waals surface area contributed by atoms with Gasteiger partial charge in [-0.1, -0.05) is 48.3 Å². The first-order chi connectivity index (χ1) is 13.5. The topological polar surface area (TPSA) is 66.7 Å². The van der Waals surface area contributed by atoms with E-state index in [0.717, 1.165) is 17.8 Å². The van der Waals surface area contributed by atoms with E-state index in [0.29, 0.717) is 15.7 Å². The van der Waals surface area contributed by atoms with Gasteiger partial charge in [0, 0.05) is 40.9 Å². The Morgan fingerprint density at radius 2 is 1.71 bits per heavy atom. The van der Waals surface area contributed by atoms with Crippen molar-refractivity contribution in [1.29, 1.82) is 0 Å². The summed E-state index contributed by atoms with van der Waals surface area (Å²) in [5.41, 5.74) is 11.8. The summed E-state index contributed by atoms with van der Waals surface area (Å²) in [5.74, 6) is 0. The molecule has 0 fully saturated rings. The molecule has 144 valence electrons. The van der Waals surface area contributed by atoms with Crippen molar-refractivity contribution >= 4 is 51.2 Å². The van der Waals surface area contributed by atoms with Gasteiger partial charge >= 0.3 is 0 Å². The van der Waals surface area contributed by atoms with Crippen molar-refractivity contribution in [2.24, 2.45) is 0 Å². The van der Waals surface area contributed by atoms with Gasteiger partial charge in [0.25, 0.3) is 0 Å². The molecule has 0 atom stereocenters. The van der Waals surface area contributed by atoms with Crippen LogP contribution in [-0.4, -0.2) is 9.97 Å². The van der Waals surface area contributed by atoms with Crippen LogP contribution in [0.15, 0.2) is 61.1 Å². The summed E-state index contributed by atoms with van der Waals surface area (Å²) in [4.78, 5) is 7.23. The van der Waals surface area contributed by atoms with E-state index < -0.39 is 0 Å². The minimum atomic E-state index is 0.392. The zero-order valence-corrected chi connectivity index (χ0v) is 17.3. The van der Waals surface area contributed by atoms with Gasteiger partial charge < -0.3 is 16.0 Å². The summed E-state index contributed by atoms with van der Waals surface area (Å²) in [5, 5.41) is 5.39. The van der Waals surface area contributed by atoms with Crippen LogP contribution in [0.2, 0.25) is 10.0 Å². The third kappa shape index (κ3) is 4.58. The number of aryl methyl sites for hydroxylation is 2. The van der Waals surface area contributed by atoms with Crippen LogP contribution in [0.5, 0.6) is 0 Å². The summed E-state index contributed by atoms with van der Waals surface area (Å²) in [6.45, 7) is 4.32. The summed E-state index contributed by atoms with van der Waals surface area (Å²) in [6, 6.07) is 13.6. The van der Waals surface area contributed by atoms with Crippen LogP contribution >= 0.6 is 23.2 Å². The predicted molar refractivity (Wildman–Crippen MR) is 121 cm³/mol. The number of H-pyrrole nitrogens is 1. The van der Waals surface area contributed by atoms with E-state index in [1.165, 1.54) is 22.0 Å². The second-order valence-electron chi connectivity index (χ2n) is 6.38. The zero-order chi connectivity index (χ0) is 20.1. The number of para-hydroxylation sites is 1. The fourth-order valence-corrected chi connectivity index (χ4v) is 3.40. The molecule has 0 radical (unpaired) electrons. The summed E-state index contributed by atoms with van der Waals surface area (Å²) in [7, 11) is 0. The van der Waals surface area contributed by atoms with Crippen molar-refractivity contribution in [2.75, 3.05) is 11.1 Å². The maximum absolute atomic E-state index is 5.92. The van der Waals surface area contributed by atoms with Crippen molar-refractivity contribution < 1.29 is 0 Å². The van der Waals surface area contributed by atoms with E-state index in [1.807, 2.05) is 12.1 Å². The Hall–Kier alpha value is -2.69. The quantitative estimate of drug-likeness (QED) is 0.325. The van der Waals surface area contributed by atoms with Gasteiger partial charge in [-0.3, -0.25) is 4.98 Å². The van der Waals surface area contributed by atoms with Gasteiger partial charge in [0.2, 0.25) is 0 Å². The molecule has 0 spiro atoms. The van der Waals surface area contributed by atoms with E-state index >= 15 is 0 Å². The smallest absolute Gasteiger partial charge is 0.0694 e. The third-order valence-corrected chi connectivity index (χ3v) is 5.06. The van der Waals surface area contributed by atoms with Crippen LogP contribution in [0, 0.1) is 6.92 Å². The molecule has 0 aliphatic heterocycles. The van der Waals surface area contributed by atoms with Gasteiger partial charge in [-0.15, -0.1) is 0 Å². The van der Waals surface area contributed by atoms with Gasteiger partial charge in [0.15, 0.2) is 0 Å². The number of hydrogen-bond donors (Lipinski definition) is 3. The minimum Gasteiger partial charge on any atom is -0.396 e. The predicted octanol–water partition coefficient (Wildman–Crippen LogP) is 6.75. The molecule has 28 heavy (non-hydrogen) atoms. The number of aromatic nitrogens is 2. The van der Waals surface area contributed by atoms with Gasteiger partial charge in [-0.05, 0) is 48.7 Å². The Morgan fingerprint density at radius 1 is 1.04 bits per heavy atom. The second kappa shape index (κ2) is 9.00. The van der Waals surface area contributed by atoms with Crippen LogP contribution in [0.25, 0.3) is 10.9 Å². The Balaban J connectivity index is 0.000000167. The molecule has 4 rings (SSSR count). The molecule has 6 heteroatoms. The normalized spacial score (nSPS) is 10.4. The van der Waals surface area contributed by atoms with Crippen molar-refractivity contribution in [3.05, 3.63) is 82.2 Å². The van der Waals surface area contributed by atoms with Crippen molar-refractivity contribution in [3.8, 4) is 0 Å². The van der Waals surface area contributed by atoms with E-state index in [-0.39, 0.29) is 0 Å². The highest BCUT2D eigenvalue weighted by Gasteiger charge is 2.05. The number of pyridine rings is 1. The lowest BCUT2D eigenvalue weighted by Gasteiger charge is -2.08. The van der Waals surface area contributed by atoms with Crippen molar-refractivity contribution in [2.45, 2.75) is 20.3 Å². The van der Waals surface area contributed by atoms with Crippen LogP contribution in [0.4, 0.5) is 17.1 Å². The number of hydrogen-bond acceptors (Lipinski definition) is 3. The first-order valence-corrected chi connectivity index (χ1v) is 9.72. The monoisotopic (exact) mass is 412 g/mol. The second-order valence-corrected chi connectivity index (χ2v) is 7.19. The molecule has 0 unspecified atom stereocenters. The number of nitrogens with two attached hydrogens (primary N) is 1. The molecule has 0 amide bonds. The maximum atomic E-state index is 5.92. The maximum Gasteiger partial charge on any atom is 0.0694 e. The Morgan fingerprint density at radius 3 is 2.36 bits per heavy atom. The largest absolute Gasteiger partial charge is 0.396 e. The number of benzene rings is 2. The fourth-order valence-electron chi connectivity index (χ4n) is 2.91. The lowest BCUT2D eigenvalue weighted by atomic mass is 10.1. The summed E-state index contributed by atoms with van der Waals surface area (Å²) < 4.78 is 0. The Kier molecular flexibility index (Phi) is 6.45. The molecule has 0 bridgehead atoms. The van der Waals surface area contributed by atoms with Crippen LogP contribution in [-0.2, 0) is 6.42 Å². The average Bonchev–Trinajstić information content (AvgIpc) is 3.12. The Bertz CT molecular complexity index is 1050. The third-order valence-electron chi connectivity index (χ3n) is 4.44. The number of nitrogens with one attached hydrogen (secondary N) is 2. The van der Waals surface area contributed by atoms with Crippen molar-refractivity contribution in [3.63, 3.8) is 0 Å².